The fraction of sp³-hybridized carbons (Fsp3) is 0.500. The Bertz CT molecular complexity index is 574. The van der Waals surface area contributed by atoms with E-state index in [-0.39, 0.29) is 5.91 Å². The summed E-state index contributed by atoms with van der Waals surface area (Å²) in [6.07, 6.45) is 0. The lowest BCUT2D eigenvalue weighted by atomic mass is 10.2. The zero-order valence-electron chi connectivity index (χ0n) is 13.3. The smallest absolute Gasteiger partial charge is 0.261 e. The third-order valence-electron chi connectivity index (χ3n) is 3.28. The van der Waals surface area contributed by atoms with Crippen molar-refractivity contribution in [2.75, 3.05) is 32.9 Å². The molecular formula is C16H21BrN2O3S. The van der Waals surface area contributed by atoms with Crippen molar-refractivity contribution in [1.82, 2.24) is 10.2 Å². The molecule has 1 aromatic carbocycles. The molecule has 1 saturated heterocycles. The molecule has 23 heavy (non-hydrogen) atoms. The molecule has 0 aliphatic carbocycles. The molecule has 0 bridgehead atoms. The van der Waals surface area contributed by atoms with E-state index in [1.54, 1.807) is 12.1 Å². The van der Waals surface area contributed by atoms with Crippen LogP contribution in [0, 0.1) is 5.92 Å². The average Bonchev–Trinajstić information content (AvgIpc) is 2.54. The van der Waals surface area contributed by atoms with Crippen molar-refractivity contribution in [3.05, 3.63) is 28.2 Å². The van der Waals surface area contributed by atoms with Gasteiger partial charge in [0.15, 0.2) is 5.11 Å². The van der Waals surface area contributed by atoms with E-state index in [0.29, 0.717) is 55.3 Å². The number of nitrogens with zero attached hydrogens (tertiary/aromatic N) is 1. The number of carbonyl (C=O) groups excluding carboxylic acids is 1. The molecule has 0 radical (unpaired) electrons. The summed E-state index contributed by atoms with van der Waals surface area (Å²) >= 11 is 8.71. The Morgan fingerprint density at radius 1 is 1.43 bits per heavy atom. The van der Waals surface area contributed by atoms with E-state index in [1.165, 1.54) is 0 Å². The van der Waals surface area contributed by atoms with E-state index >= 15 is 0 Å². The van der Waals surface area contributed by atoms with Gasteiger partial charge >= 0.3 is 0 Å². The van der Waals surface area contributed by atoms with Gasteiger partial charge in [0, 0.05) is 17.6 Å². The second kappa shape index (κ2) is 8.61. The molecule has 1 fully saturated rings. The SMILES string of the molecule is CC(C)COc1ccc(Br)cc1C(=O)NC(=S)N1CCOCC1. The highest BCUT2D eigenvalue weighted by Gasteiger charge is 2.19. The minimum absolute atomic E-state index is 0.262. The molecule has 2 rings (SSSR count). The number of hydrogen-bond donors (Lipinski definition) is 1. The molecule has 0 unspecified atom stereocenters. The van der Waals surface area contributed by atoms with Gasteiger partial charge in [-0.1, -0.05) is 29.8 Å². The van der Waals surface area contributed by atoms with Crippen molar-refractivity contribution in [2.45, 2.75) is 13.8 Å². The Hall–Kier alpha value is -1.18. The highest BCUT2D eigenvalue weighted by atomic mass is 79.9. The van der Waals surface area contributed by atoms with Crippen LogP contribution in [0.4, 0.5) is 0 Å². The van der Waals surface area contributed by atoms with Gasteiger partial charge in [-0.25, -0.2) is 0 Å². The minimum Gasteiger partial charge on any atom is -0.492 e. The highest BCUT2D eigenvalue weighted by Crippen LogP contribution is 2.24. The summed E-state index contributed by atoms with van der Waals surface area (Å²) in [6.45, 7) is 7.29. The Morgan fingerprint density at radius 3 is 2.78 bits per heavy atom. The topological polar surface area (TPSA) is 50.8 Å². The predicted octanol–water partition coefficient (Wildman–Crippen LogP) is 2.83. The van der Waals surface area contributed by atoms with Crippen LogP contribution < -0.4 is 10.1 Å². The van der Waals surface area contributed by atoms with E-state index in [0.717, 1.165) is 4.47 Å². The lowest BCUT2D eigenvalue weighted by Crippen LogP contribution is -2.47. The van der Waals surface area contributed by atoms with Crippen LogP contribution in [-0.4, -0.2) is 48.8 Å². The summed E-state index contributed by atoms with van der Waals surface area (Å²) in [5.74, 6) is 0.676. The molecule has 1 aliphatic rings. The number of thiocarbonyl (C=S) groups is 1. The van der Waals surface area contributed by atoms with Crippen LogP contribution >= 0.6 is 28.1 Å². The molecule has 1 aliphatic heterocycles. The van der Waals surface area contributed by atoms with Gasteiger partial charge in [-0.15, -0.1) is 0 Å². The van der Waals surface area contributed by atoms with Gasteiger partial charge in [0.2, 0.25) is 0 Å². The molecule has 0 aromatic heterocycles. The third kappa shape index (κ3) is 5.44. The van der Waals surface area contributed by atoms with E-state index in [2.05, 4.69) is 35.1 Å². The van der Waals surface area contributed by atoms with Gasteiger partial charge < -0.3 is 14.4 Å². The first-order chi connectivity index (χ1) is 11.0. The van der Waals surface area contributed by atoms with Crippen molar-refractivity contribution < 1.29 is 14.3 Å². The van der Waals surface area contributed by atoms with Crippen molar-refractivity contribution in [3.63, 3.8) is 0 Å². The van der Waals surface area contributed by atoms with Crippen LogP contribution in [0.2, 0.25) is 0 Å². The zero-order valence-corrected chi connectivity index (χ0v) is 15.7. The predicted molar refractivity (Wildman–Crippen MR) is 96.9 cm³/mol. The fourth-order valence-electron chi connectivity index (χ4n) is 2.07. The number of halogens is 1. The summed E-state index contributed by atoms with van der Waals surface area (Å²) in [5, 5.41) is 3.21. The summed E-state index contributed by atoms with van der Waals surface area (Å²) in [6, 6.07) is 5.39. The molecule has 1 heterocycles. The summed E-state index contributed by atoms with van der Waals surface area (Å²) in [7, 11) is 0. The van der Waals surface area contributed by atoms with Crippen molar-refractivity contribution in [1.29, 1.82) is 0 Å². The first kappa shape index (κ1) is 18.2. The lowest BCUT2D eigenvalue weighted by molar-refractivity contribution is 0.0668. The molecule has 7 heteroatoms. The fourth-order valence-corrected chi connectivity index (χ4v) is 2.71. The number of morpholine rings is 1. The Labute approximate surface area is 150 Å². The van der Waals surface area contributed by atoms with Crippen molar-refractivity contribution in [3.8, 4) is 5.75 Å². The number of ether oxygens (including phenoxy) is 2. The zero-order chi connectivity index (χ0) is 16.8. The Balaban J connectivity index is 2.07. The molecule has 1 aromatic rings. The normalized spacial score (nSPS) is 14.7. The van der Waals surface area contributed by atoms with Gasteiger partial charge in [-0.3, -0.25) is 10.1 Å². The van der Waals surface area contributed by atoms with Crippen LogP contribution in [-0.2, 0) is 4.74 Å². The molecule has 0 spiro atoms. The molecule has 1 N–H and O–H groups in total. The van der Waals surface area contributed by atoms with Crippen LogP contribution in [0.5, 0.6) is 5.75 Å². The number of benzene rings is 1. The number of rotatable bonds is 4. The van der Waals surface area contributed by atoms with Crippen LogP contribution in [0.25, 0.3) is 0 Å². The van der Waals surface area contributed by atoms with Gasteiger partial charge in [0.05, 0.1) is 25.4 Å². The van der Waals surface area contributed by atoms with Gasteiger partial charge in [-0.2, -0.15) is 0 Å². The van der Waals surface area contributed by atoms with E-state index in [4.69, 9.17) is 21.7 Å². The van der Waals surface area contributed by atoms with Gasteiger partial charge in [0.1, 0.15) is 5.75 Å². The Morgan fingerprint density at radius 2 is 2.13 bits per heavy atom. The molecule has 0 saturated carbocycles. The number of hydrogen-bond acceptors (Lipinski definition) is 4. The van der Waals surface area contributed by atoms with Crippen molar-refractivity contribution >= 4 is 39.2 Å². The Kier molecular flexibility index (Phi) is 6.80. The second-order valence-electron chi connectivity index (χ2n) is 5.70. The third-order valence-corrected chi connectivity index (χ3v) is 4.13. The molecular weight excluding hydrogens is 380 g/mol. The van der Waals surface area contributed by atoms with Crippen molar-refractivity contribution in [2.24, 2.45) is 5.92 Å². The first-order valence-electron chi connectivity index (χ1n) is 7.57. The van der Waals surface area contributed by atoms with Crippen LogP contribution in [0.3, 0.4) is 0 Å². The van der Waals surface area contributed by atoms with E-state index < -0.39 is 0 Å². The van der Waals surface area contributed by atoms with Crippen LogP contribution in [0.15, 0.2) is 22.7 Å². The molecule has 126 valence electrons. The highest BCUT2D eigenvalue weighted by molar-refractivity contribution is 9.10. The first-order valence-corrected chi connectivity index (χ1v) is 8.78. The van der Waals surface area contributed by atoms with Gasteiger partial charge in [-0.05, 0) is 36.3 Å². The van der Waals surface area contributed by atoms with E-state index in [1.807, 2.05) is 11.0 Å². The summed E-state index contributed by atoms with van der Waals surface area (Å²) < 4.78 is 11.8. The average molecular weight is 401 g/mol. The summed E-state index contributed by atoms with van der Waals surface area (Å²) in [5.41, 5.74) is 0.468. The van der Waals surface area contributed by atoms with E-state index in [9.17, 15) is 4.79 Å². The number of nitrogens with one attached hydrogen (secondary N) is 1. The molecule has 1 amide bonds. The standard InChI is InChI=1S/C16H21BrN2O3S/c1-11(2)10-22-14-4-3-12(17)9-13(14)15(20)18-16(23)19-5-7-21-8-6-19/h3-4,9,11H,5-8,10H2,1-2H3,(H,18,20,23). The maximum atomic E-state index is 12.6. The number of carbonyl (C=O) groups is 1. The van der Waals surface area contributed by atoms with Gasteiger partial charge in [0.25, 0.3) is 5.91 Å². The second-order valence-corrected chi connectivity index (χ2v) is 7.01. The molecule has 5 nitrogen and oxygen atoms in total. The quantitative estimate of drug-likeness (QED) is 0.787. The minimum atomic E-state index is -0.262. The summed E-state index contributed by atoms with van der Waals surface area (Å²) in [4.78, 5) is 14.5. The lowest BCUT2D eigenvalue weighted by Gasteiger charge is -2.29. The maximum Gasteiger partial charge on any atom is 0.261 e. The molecule has 0 atom stereocenters. The van der Waals surface area contributed by atoms with Crippen LogP contribution in [0.1, 0.15) is 24.2 Å². The largest absolute Gasteiger partial charge is 0.492 e. The number of amides is 1. The maximum absolute atomic E-state index is 12.6. The monoisotopic (exact) mass is 400 g/mol.